The maximum Gasteiger partial charge on any atom is 0.257 e. The second-order valence-electron chi connectivity index (χ2n) is 3.94. The first-order chi connectivity index (χ1) is 8.84. The largest absolute Gasteiger partial charge is 0.361 e. The van der Waals surface area contributed by atoms with Crippen LogP contribution in [-0.4, -0.2) is 15.9 Å². The Balaban J connectivity index is 1.95. The molecule has 0 bridgehead atoms. The van der Waals surface area contributed by atoms with Crippen LogP contribution >= 0.6 is 0 Å². The third kappa shape index (κ3) is 1.84. The van der Waals surface area contributed by atoms with E-state index in [1.54, 1.807) is 30.6 Å². The molecule has 88 valence electrons. The Morgan fingerprint density at radius 3 is 2.94 bits per heavy atom. The van der Waals surface area contributed by atoms with E-state index < -0.39 is 0 Å². The van der Waals surface area contributed by atoms with Gasteiger partial charge in [-0.2, -0.15) is 0 Å². The number of carbonyl (C=O) groups excluding carboxylic acids is 1. The first-order valence-electron chi connectivity index (χ1n) is 5.62. The molecular weight excluding hydrogens is 226 g/mol. The van der Waals surface area contributed by atoms with E-state index in [-0.39, 0.29) is 5.91 Å². The zero-order chi connectivity index (χ0) is 12.4. The quantitative estimate of drug-likeness (QED) is 0.720. The van der Waals surface area contributed by atoms with Crippen molar-refractivity contribution >= 4 is 22.5 Å². The molecule has 0 spiro atoms. The van der Waals surface area contributed by atoms with E-state index in [4.69, 9.17) is 0 Å². The van der Waals surface area contributed by atoms with Gasteiger partial charge in [0.25, 0.3) is 5.91 Å². The number of hydrogen-bond acceptors (Lipinski definition) is 2. The molecule has 2 heterocycles. The fraction of sp³-hybridized carbons (Fsp3) is 0. The van der Waals surface area contributed by atoms with Crippen molar-refractivity contribution in [2.75, 3.05) is 5.32 Å². The summed E-state index contributed by atoms with van der Waals surface area (Å²) in [5, 5.41) is 3.84. The second-order valence-corrected chi connectivity index (χ2v) is 3.94. The van der Waals surface area contributed by atoms with E-state index >= 15 is 0 Å². The Labute approximate surface area is 104 Å². The molecule has 1 aromatic carbocycles. The number of aromatic amines is 1. The van der Waals surface area contributed by atoms with Gasteiger partial charge in [0.1, 0.15) is 0 Å². The summed E-state index contributed by atoms with van der Waals surface area (Å²) in [6.45, 7) is 0. The molecule has 3 aromatic rings. The lowest BCUT2D eigenvalue weighted by atomic mass is 10.1. The highest BCUT2D eigenvalue weighted by Gasteiger charge is 2.10. The number of para-hydroxylation sites is 1. The number of amides is 1. The highest BCUT2D eigenvalue weighted by atomic mass is 16.1. The van der Waals surface area contributed by atoms with Crippen molar-refractivity contribution < 1.29 is 4.79 Å². The molecule has 3 rings (SSSR count). The van der Waals surface area contributed by atoms with E-state index in [9.17, 15) is 4.79 Å². The summed E-state index contributed by atoms with van der Waals surface area (Å²) >= 11 is 0. The number of anilines is 1. The van der Waals surface area contributed by atoms with Gasteiger partial charge < -0.3 is 10.3 Å². The topological polar surface area (TPSA) is 57.8 Å². The number of nitrogens with one attached hydrogen (secondary N) is 2. The molecule has 0 aliphatic heterocycles. The van der Waals surface area contributed by atoms with Crippen LogP contribution in [-0.2, 0) is 0 Å². The molecular formula is C14H11N3O. The van der Waals surface area contributed by atoms with Crippen LogP contribution < -0.4 is 5.32 Å². The molecule has 4 heteroatoms. The first kappa shape index (κ1) is 10.5. The summed E-state index contributed by atoms with van der Waals surface area (Å²) in [6.07, 6.45) is 5.11. The van der Waals surface area contributed by atoms with E-state index in [1.807, 2.05) is 24.4 Å². The fourth-order valence-electron chi connectivity index (χ4n) is 1.91. The average molecular weight is 237 g/mol. The Hall–Kier alpha value is -2.62. The van der Waals surface area contributed by atoms with E-state index in [2.05, 4.69) is 15.3 Å². The number of nitrogens with zero attached hydrogens (tertiary/aromatic N) is 1. The lowest BCUT2D eigenvalue weighted by Gasteiger charge is -2.05. The van der Waals surface area contributed by atoms with Crippen molar-refractivity contribution in [3.8, 4) is 0 Å². The van der Waals surface area contributed by atoms with Crippen LogP contribution in [0.5, 0.6) is 0 Å². The number of H-pyrrole nitrogens is 1. The number of rotatable bonds is 2. The van der Waals surface area contributed by atoms with Crippen LogP contribution in [0.15, 0.2) is 55.0 Å². The molecule has 0 saturated heterocycles. The number of pyridine rings is 1. The molecule has 2 aromatic heterocycles. The summed E-state index contributed by atoms with van der Waals surface area (Å²) in [6, 6.07) is 11.2. The van der Waals surface area contributed by atoms with Crippen molar-refractivity contribution in [3.05, 3.63) is 60.6 Å². The Morgan fingerprint density at radius 2 is 2.11 bits per heavy atom. The van der Waals surface area contributed by atoms with Gasteiger partial charge in [-0.3, -0.25) is 9.78 Å². The second kappa shape index (κ2) is 4.33. The van der Waals surface area contributed by atoms with Gasteiger partial charge in [-0.1, -0.05) is 12.1 Å². The molecule has 0 radical (unpaired) electrons. The molecule has 0 unspecified atom stereocenters. The normalized spacial score (nSPS) is 10.4. The number of benzene rings is 1. The predicted molar refractivity (Wildman–Crippen MR) is 70.5 cm³/mol. The van der Waals surface area contributed by atoms with Crippen molar-refractivity contribution in [1.29, 1.82) is 0 Å². The van der Waals surface area contributed by atoms with E-state index in [1.165, 1.54) is 0 Å². The molecule has 1 amide bonds. The van der Waals surface area contributed by atoms with Crippen molar-refractivity contribution in [2.45, 2.75) is 0 Å². The smallest absolute Gasteiger partial charge is 0.257 e. The van der Waals surface area contributed by atoms with Crippen molar-refractivity contribution in [3.63, 3.8) is 0 Å². The molecule has 18 heavy (non-hydrogen) atoms. The van der Waals surface area contributed by atoms with Gasteiger partial charge in [-0.25, -0.2) is 0 Å². The number of hydrogen-bond donors (Lipinski definition) is 2. The Bertz CT molecular complexity index is 688. The summed E-state index contributed by atoms with van der Waals surface area (Å²) in [5.41, 5.74) is 2.16. The lowest BCUT2D eigenvalue weighted by Crippen LogP contribution is -2.12. The van der Waals surface area contributed by atoms with Crippen LogP contribution in [0.25, 0.3) is 10.9 Å². The van der Waals surface area contributed by atoms with Gasteiger partial charge in [0, 0.05) is 17.8 Å². The van der Waals surface area contributed by atoms with Gasteiger partial charge in [0.15, 0.2) is 0 Å². The number of carbonyl (C=O) groups is 1. The highest BCUT2D eigenvalue weighted by Crippen LogP contribution is 2.18. The minimum Gasteiger partial charge on any atom is -0.361 e. The minimum atomic E-state index is -0.143. The van der Waals surface area contributed by atoms with Gasteiger partial charge in [0.2, 0.25) is 0 Å². The first-order valence-corrected chi connectivity index (χ1v) is 5.62. The number of fused-ring (bicyclic) bond motifs is 1. The van der Waals surface area contributed by atoms with Crippen LogP contribution in [0.2, 0.25) is 0 Å². The molecule has 0 aliphatic carbocycles. The molecule has 0 fully saturated rings. The monoisotopic (exact) mass is 237 g/mol. The summed E-state index contributed by atoms with van der Waals surface area (Å²) < 4.78 is 0. The average Bonchev–Trinajstić information content (AvgIpc) is 2.87. The molecule has 2 N–H and O–H groups in total. The zero-order valence-electron chi connectivity index (χ0n) is 9.55. The lowest BCUT2D eigenvalue weighted by molar-refractivity contribution is 0.102. The third-order valence-electron chi connectivity index (χ3n) is 2.75. The minimum absolute atomic E-state index is 0.143. The zero-order valence-corrected chi connectivity index (χ0v) is 9.55. The maximum absolute atomic E-state index is 12.2. The highest BCUT2D eigenvalue weighted by molar-refractivity contribution is 6.11. The maximum atomic E-state index is 12.2. The van der Waals surface area contributed by atoms with Crippen LogP contribution in [0, 0.1) is 0 Å². The van der Waals surface area contributed by atoms with Crippen LogP contribution in [0.3, 0.4) is 0 Å². The fourth-order valence-corrected chi connectivity index (χ4v) is 1.91. The SMILES string of the molecule is O=C(Nc1cccnc1)c1cccc2cc[nH]c12. The Kier molecular flexibility index (Phi) is 2.53. The van der Waals surface area contributed by atoms with Crippen LogP contribution in [0.1, 0.15) is 10.4 Å². The molecule has 0 atom stereocenters. The van der Waals surface area contributed by atoms with E-state index in [0.29, 0.717) is 11.3 Å². The van der Waals surface area contributed by atoms with Gasteiger partial charge in [-0.05, 0) is 24.3 Å². The van der Waals surface area contributed by atoms with Gasteiger partial charge >= 0.3 is 0 Å². The molecule has 0 saturated carbocycles. The Morgan fingerprint density at radius 1 is 1.17 bits per heavy atom. The summed E-state index contributed by atoms with van der Waals surface area (Å²) in [5.74, 6) is -0.143. The van der Waals surface area contributed by atoms with Crippen molar-refractivity contribution in [2.24, 2.45) is 0 Å². The van der Waals surface area contributed by atoms with Crippen LogP contribution in [0.4, 0.5) is 5.69 Å². The van der Waals surface area contributed by atoms with Gasteiger partial charge in [-0.15, -0.1) is 0 Å². The molecule has 0 aliphatic rings. The third-order valence-corrected chi connectivity index (χ3v) is 2.75. The summed E-state index contributed by atoms with van der Waals surface area (Å²) in [7, 11) is 0. The number of aromatic nitrogens is 2. The predicted octanol–water partition coefficient (Wildman–Crippen LogP) is 2.82. The van der Waals surface area contributed by atoms with Gasteiger partial charge in [0.05, 0.1) is 23.0 Å². The summed E-state index contributed by atoms with van der Waals surface area (Å²) in [4.78, 5) is 19.2. The molecule has 4 nitrogen and oxygen atoms in total. The van der Waals surface area contributed by atoms with Crippen molar-refractivity contribution in [1.82, 2.24) is 9.97 Å². The standard InChI is InChI=1S/C14H11N3O/c18-14(17-11-4-2-7-15-9-11)12-5-1-3-10-6-8-16-13(10)12/h1-9,16H,(H,17,18). The van der Waals surface area contributed by atoms with E-state index in [0.717, 1.165) is 10.9 Å².